The lowest BCUT2D eigenvalue weighted by Gasteiger charge is -2.18. The van der Waals surface area contributed by atoms with Crippen LogP contribution in [0.25, 0.3) is 0 Å². The molecule has 6 heteroatoms. The monoisotopic (exact) mass is 1090 g/mol. The fourth-order valence-corrected chi connectivity index (χ4v) is 9.58. The van der Waals surface area contributed by atoms with Gasteiger partial charge in [-0.1, -0.05) is 286 Å². The van der Waals surface area contributed by atoms with Crippen LogP contribution in [-0.2, 0) is 28.6 Å². The standard InChI is InChI=1S/C72H126O6/c1-4-7-10-13-16-19-22-25-28-29-30-31-32-33-34-35-36-37-38-39-40-41-42-43-45-47-50-53-56-59-62-65-71(74)77-68-69(67-76-70(73)64-61-58-55-52-49-46-27-24-21-18-15-12-9-6-3)78-72(75)66-63-60-57-54-51-48-44-26-23-20-17-14-11-8-5-2/h8,11,17,20,22,24-27,29-30,32-33,44,69H,4-7,9-10,12-16,18-19,21,23,28,31,34-43,45-68H2,1-3H3/b11-8-,20-17-,25-22-,27-24-,30-29-,33-32-,44-26-. The fraction of sp³-hybridized carbons (Fsp3) is 0.764. The van der Waals surface area contributed by atoms with E-state index in [0.29, 0.717) is 19.3 Å². The summed E-state index contributed by atoms with van der Waals surface area (Å²) in [5, 5.41) is 0. The molecule has 0 aromatic heterocycles. The molecule has 0 aliphatic heterocycles. The predicted octanol–water partition coefficient (Wildman–Crippen LogP) is 23.1. The van der Waals surface area contributed by atoms with Gasteiger partial charge in [0.2, 0.25) is 0 Å². The van der Waals surface area contributed by atoms with E-state index in [2.05, 4.69) is 106 Å². The van der Waals surface area contributed by atoms with Crippen LogP contribution in [0, 0.1) is 0 Å². The van der Waals surface area contributed by atoms with Gasteiger partial charge in [-0.05, 0) is 116 Å². The lowest BCUT2D eigenvalue weighted by atomic mass is 10.0. The van der Waals surface area contributed by atoms with E-state index >= 15 is 0 Å². The first-order chi connectivity index (χ1) is 38.5. The second kappa shape index (κ2) is 66.1. The van der Waals surface area contributed by atoms with Crippen molar-refractivity contribution in [1.29, 1.82) is 0 Å². The average Bonchev–Trinajstić information content (AvgIpc) is 3.44. The van der Waals surface area contributed by atoms with Crippen LogP contribution < -0.4 is 0 Å². The smallest absolute Gasteiger partial charge is 0.306 e. The van der Waals surface area contributed by atoms with Gasteiger partial charge in [-0.3, -0.25) is 14.4 Å². The number of hydrogen-bond acceptors (Lipinski definition) is 6. The number of esters is 3. The van der Waals surface area contributed by atoms with Gasteiger partial charge >= 0.3 is 17.9 Å². The van der Waals surface area contributed by atoms with Crippen LogP contribution in [0.4, 0.5) is 0 Å². The molecule has 0 rings (SSSR count). The van der Waals surface area contributed by atoms with E-state index in [-0.39, 0.29) is 31.1 Å². The van der Waals surface area contributed by atoms with Gasteiger partial charge in [0, 0.05) is 19.3 Å². The highest BCUT2D eigenvalue weighted by molar-refractivity contribution is 5.71. The Balaban J connectivity index is 4.20. The van der Waals surface area contributed by atoms with Crippen LogP contribution in [0.1, 0.15) is 335 Å². The summed E-state index contributed by atoms with van der Waals surface area (Å²) in [7, 11) is 0. The van der Waals surface area contributed by atoms with Crippen molar-refractivity contribution in [3.63, 3.8) is 0 Å². The second-order valence-corrected chi connectivity index (χ2v) is 22.3. The van der Waals surface area contributed by atoms with Crippen LogP contribution in [0.2, 0.25) is 0 Å². The Morgan fingerprint density at radius 1 is 0.269 bits per heavy atom. The number of rotatable bonds is 61. The molecule has 0 saturated heterocycles. The predicted molar refractivity (Wildman–Crippen MR) is 339 cm³/mol. The third-order valence-corrected chi connectivity index (χ3v) is 14.6. The summed E-state index contributed by atoms with van der Waals surface area (Å²) in [6.45, 7) is 6.52. The van der Waals surface area contributed by atoms with Crippen LogP contribution in [0.3, 0.4) is 0 Å². The van der Waals surface area contributed by atoms with E-state index in [0.717, 1.165) is 116 Å². The quantitative estimate of drug-likeness (QED) is 0.0261. The largest absolute Gasteiger partial charge is 0.462 e. The summed E-state index contributed by atoms with van der Waals surface area (Å²) >= 11 is 0. The van der Waals surface area contributed by atoms with Crippen molar-refractivity contribution >= 4 is 17.9 Å². The van der Waals surface area contributed by atoms with Gasteiger partial charge in [0.25, 0.3) is 0 Å². The Bertz CT molecular complexity index is 1480. The molecule has 0 spiro atoms. The van der Waals surface area contributed by atoms with Crippen molar-refractivity contribution in [1.82, 2.24) is 0 Å². The van der Waals surface area contributed by atoms with E-state index in [1.165, 1.54) is 180 Å². The minimum atomic E-state index is -0.789. The van der Waals surface area contributed by atoms with E-state index < -0.39 is 6.10 Å². The minimum absolute atomic E-state index is 0.0841. The molecule has 0 heterocycles. The Labute approximate surface area is 484 Å². The average molecular weight is 1090 g/mol. The van der Waals surface area contributed by atoms with Crippen molar-refractivity contribution in [2.24, 2.45) is 0 Å². The Morgan fingerprint density at radius 2 is 0.500 bits per heavy atom. The van der Waals surface area contributed by atoms with Gasteiger partial charge in [-0.15, -0.1) is 0 Å². The van der Waals surface area contributed by atoms with Crippen LogP contribution >= 0.6 is 0 Å². The number of allylic oxidation sites excluding steroid dienone is 14. The summed E-state index contributed by atoms with van der Waals surface area (Å²) in [6.07, 6.45) is 87.5. The fourth-order valence-electron chi connectivity index (χ4n) is 9.58. The zero-order valence-corrected chi connectivity index (χ0v) is 51.7. The van der Waals surface area contributed by atoms with E-state index in [4.69, 9.17) is 14.2 Å². The molecule has 0 aromatic carbocycles. The molecule has 0 N–H and O–H groups in total. The molecule has 0 amide bonds. The van der Waals surface area contributed by atoms with Crippen molar-refractivity contribution in [2.75, 3.05) is 13.2 Å². The Morgan fingerprint density at radius 3 is 0.795 bits per heavy atom. The lowest BCUT2D eigenvalue weighted by molar-refractivity contribution is -0.167. The number of ether oxygens (including phenoxy) is 3. The van der Waals surface area contributed by atoms with Crippen LogP contribution in [0.5, 0.6) is 0 Å². The van der Waals surface area contributed by atoms with Crippen molar-refractivity contribution in [3.05, 3.63) is 85.1 Å². The molecule has 0 saturated carbocycles. The van der Waals surface area contributed by atoms with Gasteiger partial charge in [0.1, 0.15) is 13.2 Å². The normalized spacial score (nSPS) is 12.6. The second-order valence-electron chi connectivity index (χ2n) is 22.3. The SMILES string of the molecule is CC/C=C\C/C=C\C/C=C\CCCCCCCC(=O)OC(COC(=O)CCCCCCC/C=C\CCCCCCC)COC(=O)CCCCCCCCCCCCCCCCCC/C=C\C/C=C\C/C=C\CCCCCCC. The molecule has 1 unspecified atom stereocenters. The number of carbonyl (C=O) groups excluding carboxylic acids is 3. The summed E-state index contributed by atoms with van der Waals surface area (Å²) < 4.78 is 16.9. The first-order valence-corrected chi connectivity index (χ1v) is 33.6. The topological polar surface area (TPSA) is 78.9 Å². The Hall–Kier alpha value is -3.41. The molecule has 0 fully saturated rings. The van der Waals surface area contributed by atoms with Crippen molar-refractivity contribution in [3.8, 4) is 0 Å². The summed E-state index contributed by atoms with van der Waals surface area (Å²) in [5.74, 6) is -0.897. The van der Waals surface area contributed by atoms with Gasteiger partial charge < -0.3 is 14.2 Å². The Kier molecular flexibility index (Phi) is 63.2. The molecule has 6 nitrogen and oxygen atoms in total. The first-order valence-electron chi connectivity index (χ1n) is 33.6. The van der Waals surface area contributed by atoms with Crippen molar-refractivity contribution in [2.45, 2.75) is 341 Å². The van der Waals surface area contributed by atoms with E-state index in [1.54, 1.807) is 0 Å². The first kappa shape index (κ1) is 74.6. The van der Waals surface area contributed by atoms with E-state index in [1.807, 2.05) is 0 Å². The molecule has 0 aromatic rings. The van der Waals surface area contributed by atoms with E-state index in [9.17, 15) is 14.4 Å². The summed E-state index contributed by atoms with van der Waals surface area (Å²) in [5.41, 5.74) is 0. The highest BCUT2D eigenvalue weighted by Crippen LogP contribution is 2.17. The molecule has 0 aliphatic carbocycles. The number of carbonyl (C=O) groups is 3. The van der Waals surface area contributed by atoms with Gasteiger partial charge in [-0.25, -0.2) is 0 Å². The molecule has 0 radical (unpaired) electrons. The van der Waals surface area contributed by atoms with Gasteiger partial charge in [0.15, 0.2) is 6.10 Å². The highest BCUT2D eigenvalue weighted by atomic mass is 16.6. The molecular weight excluding hydrogens is 961 g/mol. The number of unbranched alkanes of at least 4 members (excludes halogenated alkanes) is 36. The highest BCUT2D eigenvalue weighted by Gasteiger charge is 2.19. The zero-order valence-electron chi connectivity index (χ0n) is 51.7. The van der Waals surface area contributed by atoms with Crippen LogP contribution in [0.15, 0.2) is 85.1 Å². The molecule has 1 atom stereocenters. The maximum Gasteiger partial charge on any atom is 0.306 e. The minimum Gasteiger partial charge on any atom is -0.462 e. The van der Waals surface area contributed by atoms with Crippen molar-refractivity contribution < 1.29 is 28.6 Å². The molecule has 78 heavy (non-hydrogen) atoms. The molecular formula is C72H126O6. The third kappa shape index (κ3) is 63.4. The lowest BCUT2D eigenvalue weighted by Crippen LogP contribution is -2.30. The number of hydrogen-bond donors (Lipinski definition) is 0. The third-order valence-electron chi connectivity index (χ3n) is 14.6. The van der Waals surface area contributed by atoms with Gasteiger partial charge in [0.05, 0.1) is 0 Å². The molecule has 450 valence electrons. The molecule has 0 aliphatic rings. The van der Waals surface area contributed by atoms with Crippen LogP contribution in [-0.4, -0.2) is 37.2 Å². The summed E-state index contributed by atoms with van der Waals surface area (Å²) in [6, 6.07) is 0. The maximum absolute atomic E-state index is 12.9. The van der Waals surface area contributed by atoms with Gasteiger partial charge in [-0.2, -0.15) is 0 Å². The molecule has 0 bridgehead atoms. The summed E-state index contributed by atoms with van der Waals surface area (Å²) in [4.78, 5) is 38.3. The zero-order chi connectivity index (χ0) is 56.4. The maximum atomic E-state index is 12.9.